The van der Waals surface area contributed by atoms with Crippen molar-refractivity contribution in [3.05, 3.63) is 0 Å². The Hall–Kier alpha value is -0.0400. The summed E-state index contributed by atoms with van der Waals surface area (Å²) in [6.45, 7) is 3.47. The largest absolute Gasteiger partial charge is 0.320 e. The Balaban J connectivity index is 2.81. The van der Waals surface area contributed by atoms with Crippen LogP contribution in [0.25, 0.3) is 0 Å². The van der Waals surface area contributed by atoms with Crippen molar-refractivity contribution in [3.8, 4) is 0 Å². The molecule has 0 saturated carbocycles. The van der Waals surface area contributed by atoms with Gasteiger partial charge in [-0.15, -0.1) is 0 Å². The molecule has 0 rings (SSSR count). The van der Waals surface area contributed by atoms with Gasteiger partial charge in [0.05, 0.1) is 0 Å². The molecule has 0 aromatic rings. The topological polar surface area (TPSA) is 12.0 Å². The fourth-order valence-electron chi connectivity index (χ4n) is 1.97. The first-order valence-corrected chi connectivity index (χ1v) is 7.06. The van der Waals surface area contributed by atoms with Gasteiger partial charge in [-0.3, -0.25) is 0 Å². The van der Waals surface area contributed by atoms with Gasteiger partial charge in [0.25, 0.3) is 0 Å². The van der Waals surface area contributed by atoms with Gasteiger partial charge in [-0.2, -0.15) is 0 Å². The number of hydrogen-bond acceptors (Lipinski definition) is 1. The standard InChI is InChI=1S/C14H31N/c1-3-4-5-6-7-8-9-10-11-12-13-14-15-2/h15H,3-14H2,1-2H3. The monoisotopic (exact) mass is 213 g/mol. The highest BCUT2D eigenvalue weighted by Crippen LogP contribution is 2.10. The smallest absolute Gasteiger partial charge is 0.00519 e. The van der Waals surface area contributed by atoms with E-state index >= 15 is 0 Å². The van der Waals surface area contributed by atoms with Crippen LogP contribution in [0.3, 0.4) is 0 Å². The quantitative estimate of drug-likeness (QED) is 0.470. The summed E-state index contributed by atoms with van der Waals surface area (Å²) in [5, 5.41) is 3.20. The van der Waals surface area contributed by atoms with Gasteiger partial charge in [-0.25, -0.2) is 0 Å². The number of hydrogen-bond donors (Lipinski definition) is 1. The molecule has 0 amide bonds. The lowest BCUT2D eigenvalue weighted by atomic mass is 10.1. The fraction of sp³-hybridized carbons (Fsp3) is 1.00. The van der Waals surface area contributed by atoms with E-state index in [1.54, 1.807) is 0 Å². The van der Waals surface area contributed by atoms with Crippen molar-refractivity contribution in [1.29, 1.82) is 0 Å². The van der Waals surface area contributed by atoms with Crippen LogP contribution in [0.2, 0.25) is 0 Å². The molecule has 0 atom stereocenters. The van der Waals surface area contributed by atoms with E-state index in [2.05, 4.69) is 12.2 Å². The zero-order valence-electron chi connectivity index (χ0n) is 11.0. The summed E-state index contributed by atoms with van der Waals surface area (Å²) in [5.74, 6) is 0. The van der Waals surface area contributed by atoms with Crippen LogP contribution in [0, 0.1) is 0 Å². The Morgan fingerprint density at radius 3 is 1.40 bits per heavy atom. The maximum absolute atomic E-state index is 3.20. The van der Waals surface area contributed by atoms with Crippen LogP contribution >= 0.6 is 0 Å². The zero-order chi connectivity index (χ0) is 11.2. The van der Waals surface area contributed by atoms with E-state index in [-0.39, 0.29) is 0 Å². The molecule has 0 aromatic heterocycles. The Labute approximate surface area is 97.0 Å². The van der Waals surface area contributed by atoms with Crippen molar-refractivity contribution in [2.75, 3.05) is 13.6 Å². The van der Waals surface area contributed by atoms with Crippen molar-refractivity contribution >= 4 is 0 Å². The van der Waals surface area contributed by atoms with Gasteiger partial charge in [-0.05, 0) is 20.0 Å². The van der Waals surface area contributed by atoms with Crippen molar-refractivity contribution in [3.63, 3.8) is 0 Å². The molecule has 0 radical (unpaired) electrons. The van der Waals surface area contributed by atoms with Gasteiger partial charge < -0.3 is 5.32 Å². The van der Waals surface area contributed by atoms with Crippen LogP contribution < -0.4 is 5.32 Å². The summed E-state index contributed by atoms with van der Waals surface area (Å²) in [5.41, 5.74) is 0. The van der Waals surface area contributed by atoms with E-state index in [9.17, 15) is 0 Å². The second-order valence-electron chi connectivity index (χ2n) is 4.64. The lowest BCUT2D eigenvalue weighted by molar-refractivity contribution is 0.545. The SMILES string of the molecule is CCCCCCCCCCCCCNC. The van der Waals surface area contributed by atoms with E-state index in [4.69, 9.17) is 0 Å². The normalized spacial score (nSPS) is 10.8. The summed E-state index contributed by atoms with van der Waals surface area (Å²) in [7, 11) is 2.04. The van der Waals surface area contributed by atoms with Crippen molar-refractivity contribution in [2.24, 2.45) is 0 Å². The average Bonchev–Trinajstić information content (AvgIpc) is 2.26. The van der Waals surface area contributed by atoms with E-state index in [0.29, 0.717) is 0 Å². The highest BCUT2D eigenvalue weighted by molar-refractivity contribution is 4.48. The van der Waals surface area contributed by atoms with Crippen molar-refractivity contribution < 1.29 is 0 Å². The third kappa shape index (κ3) is 14.0. The summed E-state index contributed by atoms with van der Waals surface area (Å²) < 4.78 is 0. The zero-order valence-corrected chi connectivity index (χ0v) is 11.0. The number of unbranched alkanes of at least 4 members (excludes halogenated alkanes) is 10. The van der Waals surface area contributed by atoms with Crippen LogP contribution in [0.15, 0.2) is 0 Å². The molecule has 0 heterocycles. The van der Waals surface area contributed by atoms with Crippen LogP contribution in [-0.4, -0.2) is 13.6 Å². The molecule has 1 heteroatoms. The first-order chi connectivity index (χ1) is 7.41. The molecule has 92 valence electrons. The summed E-state index contributed by atoms with van der Waals surface area (Å²) >= 11 is 0. The minimum absolute atomic E-state index is 1.19. The minimum Gasteiger partial charge on any atom is -0.320 e. The van der Waals surface area contributed by atoms with E-state index in [1.165, 1.54) is 77.2 Å². The molecule has 0 aliphatic rings. The van der Waals surface area contributed by atoms with Crippen LogP contribution in [0.1, 0.15) is 77.6 Å². The van der Waals surface area contributed by atoms with Gasteiger partial charge in [0.1, 0.15) is 0 Å². The van der Waals surface area contributed by atoms with E-state index in [1.807, 2.05) is 7.05 Å². The van der Waals surface area contributed by atoms with Crippen molar-refractivity contribution in [2.45, 2.75) is 77.6 Å². The van der Waals surface area contributed by atoms with E-state index in [0.717, 1.165) is 0 Å². The minimum atomic E-state index is 1.19. The highest BCUT2D eigenvalue weighted by atomic mass is 14.8. The number of rotatable bonds is 12. The molecular formula is C14H31N. The second-order valence-corrected chi connectivity index (χ2v) is 4.64. The summed E-state index contributed by atoms with van der Waals surface area (Å²) in [6.07, 6.45) is 15.8. The molecule has 0 fully saturated rings. The van der Waals surface area contributed by atoms with Gasteiger partial charge in [-0.1, -0.05) is 71.1 Å². The predicted molar refractivity (Wildman–Crippen MR) is 70.4 cm³/mol. The highest BCUT2D eigenvalue weighted by Gasteiger charge is 1.92. The van der Waals surface area contributed by atoms with E-state index < -0.39 is 0 Å². The first kappa shape index (κ1) is 15.0. The molecule has 0 aliphatic carbocycles. The fourth-order valence-corrected chi connectivity index (χ4v) is 1.97. The maximum atomic E-state index is 3.20. The Morgan fingerprint density at radius 2 is 1.00 bits per heavy atom. The molecule has 0 unspecified atom stereocenters. The Morgan fingerprint density at radius 1 is 0.600 bits per heavy atom. The molecule has 15 heavy (non-hydrogen) atoms. The lowest BCUT2D eigenvalue weighted by Gasteiger charge is -2.02. The molecule has 0 saturated heterocycles. The Bertz CT molecular complexity index is 89.5. The average molecular weight is 213 g/mol. The number of nitrogens with one attached hydrogen (secondary N) is 1. The molecule has 1 nitrogen and oxygen atoms in total. The lowest BCUT2D eigenvalue weighted by Crippen LogP contribution is -2.06. The van der Waals surface area contributed by atoms with Gasteiger partial charge in [0.15, 0.2) is 0 Å². The first-order valence-electron chi connectivity index (χ1n) is 7.06. The second kappa shape index (κ2) is 14.0. The molecule has 0 spiro atoms. The van der Waals surface area contributed by atoms with Gasteiger partial charge in [0, 0.05) is 0 Å². The van der Waals surface area contributed by atoms with Crippen LogP contribution in [-0.2, 0) is 0 Å². The van der Waals surface area contributed by atoms with Gasteiger partial charge >= 0.3 is 0 Å². The maximum Gasteiger partial charge on any atom is -0.00519 e. The van der Waals surface area contributed by atoms with Gasteiger partial charge in [0.2, 0.25) is 0 Å². The summed E-state index contributed by atoms with van der Waals surface area (Å²) in [4.78, 5) is 0. The predicted octanol–water partition coefficient (Wildman–Crippen LogP) is 4.52. The third-order valence-electron chi connectivity index (χ3n) is 3.03. The Kier molecular flexibility index (Phi) is 13.9. The molecule has 1 N–H and O–H groups in total. The van der Waals surface area contributed by atoms with Crippen LogP contribution in [0.4, 0.5) is 0 Å². The van der Waals surface area contributed by atoms with Crippen molar-refractivity contribution in [1.82, 2.24) is 5.32 Å². The van der Waals surface area contributed by atoms with Crippen LogP contribution in [0.5, 0.6) is 0 Å². The summed E-state index contributed by atoms with van der Waals surface area (Å²) in [6, 6.07) is 0. The molecule has 0 bridgehead atoms. The molecular weight excluding hydrogens is 182 g/mol. The third-order valence-corrected chi connectivity index (χ3v) is 3.03. The molecule has 0 aliphatic heterocycles. The molecule has 0 aromatic carbocycles.